The molecule has 0 heterocycles. The highest BCUT2D eigenvalue weighted by molar-refractivity contribution is 5.95. The zero-order chi connectivity index (χ0) is 18.2. The summed E-state index contributed by atoms with van der Waals surface area (Å²) in [5.41, 5.74) is 3.22. The third kappa shape index (κ3) is 4.63. The third-order valence-electron chi connectivity index (χ3n) is 3.33. The predicted molar refractivity (Wildman–Crippen MR) is 93.9 cm³/mol. The fourth-order valence-electron chi connectivity index (χ4n) is 2.09. The van der Waals surface area contributed by atoms with Crippen LogP contribution in [0.1, 0.15) is 22.8 Å². The maximum atomic E-state index is 12.1. The van der Waals surface area contributed by atoms with E-state index in [1.54, 1.807) is 30.3 Å². The van der Waals surface area contributed by atoms with Gasteiger partial charge in [-0.05, 0) is 37.3 Å². The van der Waals surface area contributed by atoms with Crippen molar-refractivity contribution < 1.29 is 24.1 Å². The fourth-order valence-corrected chi connectivity index (χ4v) is 2.09. The molecule has 0 bridgehead atoms. The number of hydrazone groups is 1. The molecule has 0 aliphatic carbocycles. The zero-order valence-corrected chi connectivity index (χ0v) is 14.3. The molecule has 0 unspecified atom stereocenters. The van der Waals surface area contributed by atoms with Crippen LogP contribution < -0.4 is 19.6 Å². The monoisotopic (exact) mass is 344 g/mol. The summed E-state index contributed by atoms with van der Waals surface area (Å²) >= 11 is 0. The molecule has 2 rings (SSSR count). The van der Waals surface area contributed by atoms with E-state index in [1.807, 2.05) is 6.92 Å². The van der Waals surface area contributed by atoms with Crippen molar-refractivity contribution in [2.24, 2.45) is 5.10 Å². The van der Waals surface area contributed by atoms with Crippen LogP contribution in [0.15, 0.2) is 41.5 Å². The second kappa shape index (κ2) is 8.58. The van der Waals surface area contributed by atoms with Crippen LogP contribution in [0.4, 0.5) is 0 Å². The molecule has 132 valence electrons. The van der Waals surface area contributed by atoms with Gasteiger partial charge in [0.2, 0.25) is 0 Å². The Morgan fingerprint density at radius 2 is 1.92 bits per heavy atom. The third-order valence-corrected chi connectivity index (χ3v) is 3.33. The first kappa shape index (κ1) is 18.1. The molecule has 25 heavy (non-hydrogen) atoms. The maximum absolute atomic E-state index is 12.1. The van der Waals surface area contributed by atoms with Crippen molar-refractivity contribution in [1.29, 1.82) is 0 Å². The van der Waals surface area contributed by atoms with Gasteiger partial charge >= 0.3 is 0 Å². The van der Waals surface area contributed by atoms with Crippen LogP contribution in [-0.4, -0.2) is 38.1 Å². The number of nitrogens with zero attached hydrogens (tertiary/aromatic N) is 1. The largest absolute Gasteiger partial charge is 0.507 e. The molecular formula is C18H20N2O5. The molecule has 2 aromatic carbocycles. The van der Waals surface area contributed by atoms with Gasteiger partial charge in [-0.15, -0.1) is 0 Å². The average Bonchev–Trinajstić information content (AvgIpc) is 2.63. The second-order valence-electron chi connectivity index (χ2n) is 4.92. The lowest BCUT2D eigenvalue weighted by atomic mass is 10.2. The summed E-state index contributed by atoms with van der Waals surface area (Å²) in [6, 6.07) is 9.63. The first-order valence-electron chi connectivity index (χ1n) is 7.60. The summed E-state index contributed by atoms with van der Waals surface area (Å²) in [5.74, 6) is 1.13. The van der Waals surface area contributed by atoms with Crippen molar-refractivity contribution >= 4 is 12.1 Å². The van der Waals surface area contributed by atoms with E-state index in [9.17, 15) is 9.90 Å². The molecule has 0 aliphatic rings. The highest BCUT2D eigenvalue weighted by atomic mass is 16.5. The predicted octanol–water partition coefficient (Wildman–Crippen LogP) is 2.57. The number of benzene rings is 2. The second-order valence-corrected chi connectivity index (χ2v) is 4.92. The molecule has 0 aromatic heterocycles. The SMILES string of the molecule is CCOc1ccc(C=NNC(=O)c2ccc(OC)c(OC)c2)c(O)c1. The summed E-state index contributed by atoms with van der Waals surface area (Å²) in [5, 5.41) is 13.8. The highest BCUT2D eigenvalue weighted by Crippen LogP contribution is 2.27. The molecule has 0 spiro atoms. The Kier molecular flexibility index (Phi) is 6.22. The number of carbonyl (C=O) groups excluding carboxylic acids is 1. The Morgan fingerprint density at radius 1 is 1.16 bits per heavy atom. The van der Waals surface area contributed by atoms with Crippen LogP contribution in [0.3, 0.4) is 0 Å². The summed E-state index contributed by atoms with van der Waals surface area (Å²) in [7, 11) is 3.01. The number of hydrogen-bond acceptors (Lipinski definition) is 6. The van der Waals surface area contributed by atoms with E-state index in [1.165, 1.54) is 26.5 Å². The van der Waals surface area contributed by atoms with Crippen LogP contribution in [0.5, 0.6) is 23.0 Å². The number of carbonyl (C=O) groups is 1. The van der Waals surface area contributed by atoms with E-state index in [2.05, 4.69) is 10.5 Å². The van der Waals surface area contributed by atoms with Gasteiger partial charge in [-0.25, -0.2) is 5.43 Å². The van der Waals surface area contributed by atoms with Gasteiger partial charge in [0.1, 0.15) is 11.5 Å². The standard InChI is InChI=1S/C18H20N2O5/c1-4-25-14-7-5-13(15(21)10-14)11-19-20-18(22)12-6-8-16(23-2)17(9-12)24-3/h5-11,21H,4H2,1-3H3,(H,20,22). The van der Waals surface area contributed by atoms with Crippen molar-refractivity contribution in [3.63, 3.8) is 0 Å². The smallest absolute Gasteiger partial charge is 0.271 e. The Morgan fingerprint density at radius 3 is 2.56 bits per heavy atom. The summed E-state index contributed by atoms with van der Waals surface area (Å²) in [4.78, 5) is 12.1. The van der Waals surface area contributed by atoms with E-state index >= 15 is 0 Å². The van der Waals surface area contributed by atoms with E-state index in [0.29, 0.717) is 35.0 Å². The van der Waals surface area contributed by atoms with Crippen LogP contribution in [0, 0.1) is 0 Å². The average molecular weight is 344 g/mol. The Bertz CT molecular complexity index is 774. The molecular weight excluding hydrogens is 324 g/mol. The van der Waals surface area contributed by atoms with Gasteiger partial charge in [0, 0.05) is 17.2 Å². The number of phenolic OH excluding ortho intramolecular Hbond substituents is 1. The van der Waals surface area contributed by atoms with Crippen molar-refractivity contribution in [2.75, 3.05) is 20.8 Å². The molecule has 0 saturated carbocycles. The minimum absolute atomic E-state index is 0.00932. The first-order valence-corrected chi connectivity index (χ1v) is 7.60. The van der Waals surface area contributed by atoms with Crippen LogP contribution in [-0.2, 0) is 0 Å². The number of amides is 1. The van der Waals surface area contributed by atoms with Crippen LogP contribution >= 0.6 is 0 Å². The molecule has 2 N–H and O–H groups in total. The Balaban J connectivity index is 2.05. The number of aromatic hydroxyl groups is 1. The van der Waals surface area contributed by atoms with Gasteiger partial charge < -0.3 is 19.3 Å². The van der Waals surface area contributed by atoms with Gasteiger partial charge in [-0.2, -0.15) is 5.10 Å². The number of nitrogens with one attached hydrogen (secondary N) is 1. The normalized spacial score (nSPS) is 10.5. The number of phenols is 1. The van der Waals surface area contributed by atoms with Crippen molar-refractivity contribution in [3.05, 3.63) is 47.5 Å². The van der Waals surface area contributed by atoms with E-state index in [4.69, 9.17) is 14.2 Å². The molecule has 0 fully saturated rings. The lowest BCUT2D eigenvalue weighted by molar-refractivity contribution is 0.0954. The van der Waals surface area contributed by atoms with Crippen molar-refractivity contribution in [2.45, 2.75) is 6.92 Å². The number of rotatable bonds is 7. The van der Waals surface area contributed by atoms with E-state index in [0.717, 1.165) is 0 Å². The van der Waals surface area contributed by atoms with Crippen LogP contribution in [0.2, 0.25) is 0 Å². The summed E-state index contributed by atoms with van der Waals surface area (Å²) in [6.07, 6.45) is 1.35. The van der Waals surface area contributed by atoms with Gasteiger partial charge in [-0.1, -0.05) is 0 Å². The van der Waals surface area contributed by atoms with E-state index in [-0.39, 0.29) is 5.75 Å². The molecule has 7 nitrogen and oxygen atoms in total. The summed E-state index contributed by atoms with van der Waals surface area (Å²) < 4.78 is 15.6. The van der Waals surface area contributed by atoms with Crippen molar-refractivity contribution in [1.82, 2.24) is 5.43 Å². The minimum Gasteiger partial charge on any atom is -0.507 e. The first-order chi connectivity index (χ1) is 12.1. The maximum Gasteiger partial charge on any atom is 0.271 e. The van der Waals surface area contributed by atoms with Crippen molar-refractivity contribution in [3.8, 4) is 23.0 Å². The quantitative estimate of drug-likeness (QED) is 0.595. The number of ether oxygens (including phenoxy) is 3. The lowest BCUT2D eigenvalue weighted by Gasteiger charge is -2.08. The van der Waals surface area contributed by atoms with E-state index < -0.39 is 5.91 Å². The molecule has 0 aliphatic heterocycles. The summed E-state index contributed by atoms with van der Waals surface area (Å²) in [6.45, 7) is 2.37. The van der Waals surface area contributed by atoms with Gasteiger partial charge in [0.25, 0.3) is 5.91 Å². The fraction of sp³-hybridized carbons (Fsp3) is 0.222. The molecule has 0 atom stereocenters. The number of methoxy groups -OCH3 is 2. The van der Waals surface area contributed by atoms with Gasteiger partial charge in [-0.3, -0.25) is 4.79 Å². The Labute approximate surface area is 145 Å². The molecule has 1 amide bonds. The number of hydrogen-bond donors (Lipinski definition) is 2. The van der Waals surface area contributed by atoms with Crippen LogP contribution in [0.25, 0.3) is 0 Å². The molecule has 0 saturated heterocycles. The Hall–Kier alpha value is -3.22. The van der Waals surface area contributed by atoms with Gasteiger partial charge in [0.15, 0.2) is 11.5 Å². The lowest BCUT2D eigenvalue weighted by Crippen LogP contribution is -2.17. The van der Waals surface area contributed by atoms with Gasteiger partial charge in [0.05, 0.1) is 27.0 Å². The highest BCUT2D eigenvalue weighted by Gasteiger charge is 2.10. The zero-order valence-electron chi connectivity index (χ0n) is 14.3. The molecule has 0 radical (unpaired) electrons. The molecule has 2 aromatic rings. The topological polar surface area (TPSA) is 89.4 Å². The molecule has 7 heteroatoms. The minimum atomic E-state index is -0.414.